The summed E-state index contributed by atoms with van der Waals surface area (Å²) in [5.41, 5.74) is 3.67. The summed E-state index contributed by atoms with van der Waals surface area (Å²) in [4.78, 5) is 3.52. The van der Waals surface area contributed by atoms with E-state index in [-0.39, 0.29) is 0 Å². The van der Waals surface area contributed by atoms with Crippen molar-refractivity contribution in [1.29, 1.82) is 0 Å². The fraction of sp³-hybridized carbons (Fsp3) is 0.316. The largest absolute Gasteiger partial charge is 0.280 e. The molecule has 2 aromatic rings. The van der Waals surface area contributed by atoms with Crippen molar-refractivity contribution in [2.75, 3.05) is 5.32 Å². The average Bonchev–Trinajstić information content (AvgIpc) is 2.47. The quantitative estimate of drug-likeness (QED) is 0.653. The van der Waals surface area contributed by atoms with E-state index in [9.17, 15) is 0 Å². The Hall–Kier alpha value is -2.09. The van der Waals surface area contributed by atoms with Gasteiger partial charge in [0.1, 0.15) is 5.69 Å². The first-order valence-corrected chi connectivity index (χ1v) is 7.62. The lowest BCUT2D eigenvalue weighted by molar-refractivity contribution is -0.492. The van der Waals surface area contributed by atoms with Crippen LogP contribution in [0, 0.1) is 0 Å². The summed E-state index contributed by atoms with van der Waals surface area (Å²) < 4.78 is 0. The van der Waals surface area contributed by atoms with Gasteiger partial charge in [-0.1, -0.05) is 50.2 Å². The Bertz CT molecular complexity index is 598. The predicted octanol–water partition coefficient (Wildman–Crippen LogP) is 3.16. The van der Waals surface area contributed by atoms with E-state index < -0.39 is 0 Å². The molecule has 2 heteroatoms. The molecule has 0 atom stereocenters. The Morgan fingerprint density at radius 2 is 1.48 bits per heavy atom. The zero-order valence-corrected chi connectivity index (χ0v) is 13.4. The van der Waals surface area contributed by atoms with Gasteiger partial charge in [-0.05, 0) is 38.0 Å². The fourth-order valence-corrected chi connectivity index (χ4v) is 2.33. The minimum absolute atomic E-state index is 0.374. The second-order valence-corrected chi connectivity index (χ2v) is 5.91. The van der Waals surface area contributed by atoms with E-state index in [0.717, 1.165) is 5.84 Å². The molecule has 2 rings (SSSR count). The van der Waals surface area contributed by atoms with Crippen LogP contribution in [0.1, 0.15) is 44.7 Å². The van der Waals surface area contributed by atoms with Gasteiger partial charge in [0.2, 0.25) is 0 Å². The predicted molar refractivity (Wildman–Crippen MR) is 90.8 cm³/mol. The molecule has 0 fully saturated rings. The molecule has 0 amide bonds. The maximum Gasteiger partial charge on any atom is 0.280 e. The molecule has 0 aliphatic rings. The van der Waals surface area contributed by atoms with Crippen LogP contribution in [-0.2, 0) is 0 Å². The highest BCUT2D eigenvalue weighted by Crippen LogP contribution is 2.23. The fourth-order valence-electron chi connectivity index (χ4n) is 2.33. The van der Waals surface area contributed by atoms with E-state index in [0.29, 0.717) is 12.0 Å². The van der Waals surface area contributed by atoms with Crippen molar-refractivity contribution in [1.82, 2.24) is 0 Å². The summed E-state index contributed by atoms with van der Waals surface area (Å²) in [5.74, 6) is 1.54. The zero-order chi connectivity index (χ0) is 15.2. The molecule has 0 bridgehead atoms. The summed E-state index contributed by atoms with van der Waals surface area (Å²) in [6.45, 7) is 8.75. The zero-order valence-electron chi connectivity index (χ0n) is 13.4. The number of hydrogen-bond donors (Lipinski definition) is 2. The van der Waals surface area contributed by atoms with Crippen LogP contribution in [0.3, 0.4) is 0 Å². The van der Waals surface area contributed by atoms with Gasteiger partial charge in [0.05, 0.1) is 11.6 Å². The number of nitrogens with one attached hydrogen (secondary N) is 2. The number of anilines is 1. The second-order valence-electron chi connectivity index (χ2n) is 5.91. The van der Waals surface area contributed by atoms with Crippen molar-refractivity contribution in [3.63, 3.8) is 0 Å². The van der Waals surface area contributed by atoms with Gasteiger partial charge in [-0.15, -0.1) is 0 Å². The third-order valence-electron chi connectivity index (χ3n) is 3.34. The maximum atomic E-state index is 3.58. The lowest BCUT2D eigenvalue weighted by Crippen LogP contribution is -2.79. The van der Waals surface area contributed by atoms with E-state index in [1.807, 2.05) is 6.07 Å². The van der Waals surface area contributed by atoms with Crippen LogP contribution < -0.4 is 10.3 Å². The van der Waals surface area contributed by atoms with Crippen LogP contribution in [0.15, 0.2) is 54.6 Å². The van der Waals surface area contributed by atoms with Crippen molar-refractivity contribution in [2.24, 2.45) is 0 Å². The van der Waals surface area contributed by atoms with Crippen LogP contribution in [0.2, 0.25) is 0 Å². The van der Waals surface area contributed by atoms with Crippen LogP contribution in [0.4, 0.5) is 5.69 Å². The molecule has 0 radical (unpaired) electrons. The van der Waals surface area contributed by atoms with Crippen LogP contribution in [-0.4, -0.2) is 11.9 Å². The molecule has 0 saturated heterocycles. The molecular weight excluding hydrogens is 256 g/mol. The third-order valence-corrected chi connectivity index (χ3v) is 3.34. The summed E-state index contributed by atoms with van der Waals surface area (Å²) in [5, 5.41) is 3.58. The van der Waals surface area contributed by atoms with Gasteiger partial charge in [-0.3, -0.25) is 4.99 Å². The van der Waals surface area contributed by atoms with Gasteiger partial charge in [0, 0.05) is 5.56 Å². The molecule has 0 aromatic heterocycles. The van der Waals surface area contributed by atoms with Gasteiger partial charge in [0.15, 0.2) is 0 Å². The van der Waals surface area contributed by atoms with Crippen molar-refractivity contribution >= 4 is 11.5 Å². The molecule has 0 spiro atoms. The molecule has 21 heavy (non-hydrogen) atoms. The molecule has 0 saturated carbocycles. The second kappa shape index (κ2) is 7.07. The minimum Gasteiger partial charge on any atom is -0.272 e. The maximum absolute atomic E-state index is 3.58. The van der Waals surface area contributed by atoms with E-state index >= 15 is 0 Å². The van der Waals surface area contributed by atoms with Gasteiger partial charge >= 0.3 is 0 Å². The Morgan fingerprint density at radius 1 is 0.857 bits per heavy atom. The molecular formula is C19H25N2+. The van der Waals surface area contributed by atoms with Gasteiger partial charge in [-0.2, -0.15) is 0 Å². The van der Waals surface area contributed by atoms with E-state index in [1.54, 1.807) is 0 Å². The SMILES string of the molecule is CC(C)[NH+]=C(Nc1ccccc1C(C)C)c1ccccc1. The Labute approximate surface area is 127 Å². The summed E-state index contributed by atoms with van der Waals surface area (Å²) >= 11 is 0. The summed E-state index contributed by atoms with van der Waals surface area (Å²) in [6.07, 6.45) is 0. The first kappa shape index (κ1) is 15.3. The van der Waals surface area contributed by atoms with E-state index in [2.05, 4.69) is 86.5 Å². The van der Waals surface area contributed by atoms with Crippen molar-refractivity contribution < 1.29 is 4.99 Å². The van der Waals surface area contributed by atoms with Crippen molar-refractivity contribution in [3.8, 4) is 0 Å². The monoisotopic (exact) mass is 281 g/mol. The summed E-state index contributed by atoms with van der Waals surface area (Å²) in [7, 11) is 0. The molecule has 2 N–H and O–H groups in total. The molecule has 110 valence electrons. The topological polar surface area (TPSA) is 26.0 Å². The summed E-state index contributed by atoms with van der Waals surface area (Å²) in [6, 6.07) is 19.3. The van der Waals surface area contributed by atoms with Crippen LogP contribution in [0.5, 0.6) is 0 Å². The van der Waals surface area contributed by atoms with E-state index in [4.69, 9.17) is 0 Å². The lowest BCUT2D eigenvalue weighted by atomic mass is 10.0. The Kier molecular flexibility index (Phi) is 5.15. The number of benzene rings is 2. The number of para-hydroxylation sites is 1. The Morgan fingerprint density at radius 3 is 2.10 bits per heavy atom. The van der Waals surface area contributed by atoms with Crippen molar-refractivity contribution in [3.05, 3.63) is 65.7 Å². The number of amidine groups is 1. The number of hydrogen-bond acceptors (Lipinski definition) is 0. The highest BCUT2D eigenvalue weighted by atomic mass is 15.0. The first-order valence-electron chi connectivity index (χ1n) is 7.62. The van der Waals surface area contributed by atoms with Crippen LogP contribution >= 0.6 is 0 Å². The molecule has 2 aromatic carbocycles. The van der Waals surface area contributed by atoms with Gasteiger partial charge < -0.3 is 0 Å². The smallest absolute Gasteiger partial charge is 0.272 e. The molecule has 0 unspecified atom stereocenters. The van der Waals surface area contributed by atoms with Gasteiger partial charge in [-0.25, -0.2) is 5.32 Å². The molecule has 0 aliphatic carbocycles. The standard InChI is InChI=1S/C19H24N2/c1-14(2)17-12-8-9-13-18(17)21-19(20-15(3)4)16-10-6-5-7-11-16/h5-15H,1-4H3,(H,20,21)/p+1. The van der Waals surface area contributed by atoms with E-state index in [1.165, 1.54) is 16.8 Å². The molecule has 0 heterocycles. The normalized spacial score (nSPS) is 12.0. The number of rotatable bonds is 4. The average molecular weight is 281 g/mol. The lowest BCUT2D eigenvalue weighted by Gasteiger charge is -2.11. The van der Waals surface area contributed by atoms with Crippen molar-refractivity contribution in [2.45, 2.75) is 39.7 Å². The Balaban J connectivity index is 2.37. The highest BCUT2D eigenvalue weighted by molar-refractivity contribution is 6.04. The minimum atomic E-state index is 0.374. The van der Waals surface area contributed by atoms with Crippen LogP contribution in [0.25, 0.3) is 0 Å². The highest BCUT2D eigenvalue weighted by Gasteiger charge is 2.15. The van der Waals surface area contributed by atoms with Gasteiger partial charge in [0.25, 0.3) is 5.84 Å². The molecule has 0 aliphatic heterocycles. The first-order chi connectivity index (χ1) is 10.1. The third kappa shape index (κ3) is 4.19. The molecule has 2 nitrogen and oxygen atoms in total.